The van der Waals surface area contributed by atoms with Crippen molar-refractivity contribution in [3.63, 3.8) is 0 Å². The molecule has 5 nitrogen and oxygen atoms in total. The fourth-order valence-electron chi connectivity index (χ4n) is 2.55. The van der Waals surface area contributed by atoms with E-state index in [2.05, 4.69) is 4.90 Å². The van der Waals surface area contributed by atoms with Gasteiger partial charge < -0.3 is 14.2 Å². The van der Waals surface area contributed by atoms with Crippen LogP contribution in [0, 0.1) is 0 Å². The smallest absolute Gasteiger partial charge is 0.320 e. The zero-order valence-electron chi connectivity index (χ0n) is 13.1. The highest BCUT2D eigenvalue weighted by Crippen LogP contribution is 2.32. The molecule has 0 amide bonds. The van der Waals surface area contributed by atoms with E-state index in [1.165, 1.54) is 0 Å². The second kappa shape index (κ2) is 6.35. The van der Waals surface area contributed by atoms with Crippen LogP contribution in [0.15, 0.2) is 18.2 Å². The fraction of sp³-hybridized carbons (Fsp3) is 0.562. The van der Waals surface area contributed by atoms with Crippen molar-refractivity contribution >= 4 is 5.97 Å². The molecule has 1 aromatic rings. The van der Waals surface area contributed by atoms with E-state index in [0.717, 1.165) is 17.1 Å². The van der Waals surface area contributed by atoms with Crippen LogP contribution in [-0.4, -0.2) is 43.3 Å². The van der Waals surface area contributed by atoms with E-state index in [0.29, 0.717) is 19.7 Å². The second-order valence-electron chi connectivity index (χ2n) is 5.79. The topological polar surface area (TPSA) is 48.0 Å². The number of carbonyl (C=O) groups excluding carboxylic acids is 1. The summed E-state index contributed by atoms with van der Waals surface area (Å²) in [4.78, 5) is 13.8. The van der Waals surface area contributed by atoms with Crippen molar-refractivity contribution in [1.29, 1.82) is 0 Å². The molecule has 0 saturated heterocycles. The number of carbonyl (C=O) groups is 1. The molecule has 0 radical (unpaired) electrons. The molecule has 0 aliphatic carbocycles. The Morgan fingerprint density at radius 3 is 2.86 bits per heavy atom. The Morgan fingerprint density at radius 2 is 2.19 bits per heavy atom. The van der Waals surface area contributed by atoms with Crippen molar-refractivity contribution in [3.05, 3.63) is 23.8 Å². The Morgan fingerprint density at radius 1 is 1.43 bits per heavy atom. The average molecular weight is 293 g/mol. The van der Waals surface area contributed by atoms with Gasteiger partial charge in [0.25, 0.3) is 0 Å². The third-order valence-corrected chi connectivity index (χ3v) is 3.32. The van der Waals surface area contributed by atoms with Gasteiger partial charge in [-0.05, 0) is 26.8 Å². The van der Waals surface area contributed by atoms with Gasteiger partial charge in [0.2, 0.25) is 0 Å². The Kier molecular flexibility index (Phi) is 4.73. The minimum Gasteiger partial charge on any atom is -0.497 e. The van der Waals surface area contributed by atoms with Gasteiger partial charge in [-0.2, -0.15) is 0 Å². The maximum Gasteiger partial charge on any atom is 0.320 e. The van der Waals surface area contributed by atoms with E-state index in [9.17, 15) is 4.79 Å². The van der Waals surface area contributed by atoms with Gasteiger partial charge in [0.1, 0.15) is 17.1 Å². The maximum atomic E-state index is 11.7. The van der Waals surface area contributed by atoms with Crippen molar-refractivity contribution in [2.24, 2.45) is 0 Å². The van der Waals surface area contributed by atoms with Gasteiger partial charge in [0, 0.05) is 24.7 Å². The third-order valence-electron chi connectivity index (χ3n) is 3.32. The van der Waals surface area contributed by atoms with Crippen molar-refractivity contribution in [3.8, 4) is 11.5 Å². The van der Waals surface area contributed by atoms with Gasteiger partial charge in [-0.15, -0.1) is 0 Å². The highest BCUT2D eigenvalue weighted by molar-refractivity contribution is 5.71. The molecule has 5 heteroatoms. The molecule has 1 heterocycles. The van der Waals surface area contributed by atoms with Crippen LogP contribution in [0.5, 0.6) is 11.5 Å². The summed E-state index contributed by atoms with van der Waals surface area (Å²) in [7, 11) is 1.64. The van der Waals surface area contributed by atoms with Crippen LogP contribution in [0.1, 0.15) is 26.3 Å². The number of rotatable bonds is 4. The summed E-state index contributed by atoms with van der Waals surface area (Å²) in [5.74, 6) is 1.37. The number of hydrogen-bond acceptors (Lipinski definition) is 5. The first-order valence-corrected chi connectivity index (χ1v) is 7.17. The number of benzene rings is 1. The minimum atomic E-state index is -0.385. The summed E-state index contributed by atoms with van der Waals surface area (Å²) in [5, 5.41) is 0. The molecule has 21 heavy (non-hydrogen) atoms. The van der Waals surface area contributed by atoms with Gasteiger partial charge in [-0.25, -0.2) is 0 Å². The molecule has 0 spiro atoms. The first-order chi connectivity index (χ1) is 9.93. The first-order valence-electron chi connectivity index (χ1n) is 7.17. The number of nitrogens with zero attached hydrogens (tertiary/aromatic N) is 1. The molecule has 0 unspecified atom stereocenters. The van der Waals surface area contributed by atoms with E-state index in [1.807, 2.05) is 39.0 Å². The van der Waals surface area contributed by atoms with E-state index in [4.69, 9.17) is 14.2 Å². The third kappa shape index (κ3) is 4.11. The highest BCUT2D eigenvalue weighted by atomic mass is 16.5. The van der Waals surface area contributed by atoms with Crippen molar-refractivity contribution in [1.82, 2.24) is 4.90 Å². The lowest BCUT2D eigenvalue weighted by molar-refractivity contribution is -0.144. The lowest BCUT2D eigenvalue weighted by atomic mass is 10.1. The van der Waals surface area contributed by atoms with Crippen LogP contribution in [0.2, 0.25) is 0 Å². The average Bonchev–Trinajstić information content (AvgIpc) is 2.51. The van der Waals surface area contributed by atoms with E-state index in [1.54, 1.807) is 7.11 Å². The predicted molar refractivity (Wildman–Crippen MR) is 79.6 cm³/mol. The van der Waals surface area contributed by atoms with E-state index >= 15 is 0 Å². The number of ether oxygens (including phenoxy) is 3. The number of methoxy groups -OCH3 is 1. The standard InChI is InChI=1S/C16H23NO4/c1-5-20-15(18)10-17-9-12-6-7-13(19-4)8-14(12)21-16(2,3)11-17/h6-8H,5,9-11H2,1-4H3. The Balaban J connectivity index is 2.21. The molecule has 0 atom stereocenters. The van der Waals surface area contributed by atoms with Gasteiger partial charge in [-0.1, -0.05) is 6.07 Å². The van der Waals surface area contributed by atoms with Crippen LogP contribution < -0.4 is 9.47 Å². The van der Waals surface area contributed by atoms with Gasteiger partial charge >= 0.3 is 5.97 Å². The molecular formula is C16H23NO4. The quantitative estimate of drug-likeness (QED) is 0.797. The summed E-state index contributed by atoms with van der Waals surface area (Å²) < 4.78 is 16.4. The lowest BCUT2D eigenvalue weighted by Crippen LogP contribution is -2.42. The molecule has 0 fully saturated rings. The molecule has 0 saturated carbocycles. The summed E-state index contributed by atoms with van der Waals surface area (Å²) in [6.07, 6.45) is 0. The van der Waals surface area contributed by atoms with Crippen LogP contribution >= 0.6 is 0 Å². The Hall–Kier alpha value is -1.75. The molecule has 116 valence electrons. The highest BCUT2D eigenvalue weighted by Gasteiger charge is 2.30. The SMILES string of the molecule is CCOC(=O)CN1Cc2ccc(OC)cc2OC(C)(C)C1. The van der Waals surface area contributed by atoms with Gasteiger partial charge in [0.05, 0.1) is 20.3 Å². The second-order valence-corrected chi connectivity index (χ2v) is 5.79. The molecule has 2 rings (SSSR count). The molecule has 0 aromatic heterocycles. The van der Waals surface area contributed by atoms with Gasteiger partial charge in [-0.3, -0.25) is 9.69 Å². The van der Waals surface area contributed by atoms with Crippen LogP contribution in [0.25, 0.3) is 0 Å². The zero-order valence-corrected chi connectivity index (χ0v) is 13.1. The molecule has 1 aliphatic rings. The molecule has 0 bridgehead atoms. The normalized spacial score (nSPS) is 17.3. The van der Waals surface area contributed by atoms with Crippen molar-refractivity contribution in [2.45, 2.75) is 32.9 Å². The number of fused-ring (bicyclic) bond motifs is 1. The monoisotopic (exact) mass is 293 g/mol. The van der Waals surface area contributed by atoms with E-state index < -0.39 is 0 Å². The molecular weight excluding hydrogens is 270 g/mol. The van der Waals surface area contributed by atoms with Gasteiger partial charge in [0.15, 0.2) is 0 Å². The summed E-state index contributed by atoms with van der Waals surface area (Å²) >= 11 is 0. The van der Waals surface area contributed by atoms with Crippen LogP contribution in [0.4, 0.5) is 0 Å². The molecule has 1 aliphatic heterocycles. The van der Waals surface area contributed by atoms with Crippen molar-refractivity contribution in [2.75, 3.05) is 26.8 Å². The van der Waals surface area contributed by atoms with Crippen LogP contribution in [-0.2, 0) is 16.1 Å². The largest absolute Gasteiger partial charge is 0.497 e. The summed E-state index contributed by atoms with van der Waals surface area (Å²) in [6.45, 7) is 7.82. The van der Waals surface area contributed by atoms with Crippen molar-refractivity contribution < 1.29 is 19.0 Å². The number of hydrogen-bond donors (Lipinski definition) is 0. The summed E-state index contributed by atoms with van der Waals surface area (Å²) in [6, 6.07) is 5.78. The minimum absolute atomic E-state index is 0.203. The maximum absolute atomic E-state index is 11.7. The molecule has 0 N–H and O–H groups in total. The number of esters is 1. The Labute approximate surface area is 125 Å². The summed E-state index contributed by atoms with van der Waals surface area (Å²) in [5.41, 5.74) is 0.662. The van der Waals surface area contributed by atoms with Crippen LogP contribution in [0.3, 0.4) is 0 Å². The predicted octanol–water partition coefficient (Wildman–Crippen LogP) is 2.23. The Bertz CT molecular complexity index is 513. The first kappa shape index (κ1) is 15.6. The zero-order chi connectivity index (χ0) is 15.5. The lowest BCUT2D eigenvalue weighted by Gasteiger charge is -2.28. The fourth-order valence-corrected chi connectivity index (χ4v) is 2.55. The van der Waals surface area contributed by atoms with E-state index in [-0.39, 0.29) is 18.1 Å². The molecule has 1 aromatic carbocycles.